The molecule has 0 spiro atoms. The number of amides is 1. The molecule has 0 aliphatic rings. The molecule has 0 atom stereocenters. The number of nitro benzene ring substituents is 1. The van der Waals surface area contributed by atoms with Crippen LogP contribution in [0.2, 0.25) is 5.02 Å². The molecule has 0 saturated heterocycles. The Morgan fingerprint density at radius 3 is 2.45 bits per heavy atom. The summed E-state index contributed by atoms with van der Waals surface area (Å²) >= 11 is 5.88. The number of methoxy groups -OCH3 is 1. The Balaban J connectivity index is 1.60. The van der Waals surface area contributed by atoms with Crippen molar-refractivity contribution in [3.63, 3.8) is 0 Å². The van der Waals surface area contributed by atoms with Crippen molar-refractivity contribution >= 4 is 29.4 Å². The Hall–Kier alpha value is -3.91. The summed E-state index contributed by atoms with van der Waals surface area (Å²) in [7, 11) is 1.53. The molecule has 1 amide bonds. The molecule has 0 fully saturated rings. The summed E-state index contributed by atoms with van der Waals surface area (Å²) in [4.78, 5) is 22.2. The molecule has 0 heterocycles. The molecular weight excluding hydrogens is 422 g/mol. The van der Waals surface area contributed by atoms with Crippen LogP contribution in [0.5, 0.6) is 11.5 Å². The van der Waals surface area contributed by atoms with Crippen LogP contribution < -0.4 is 14.9 Å². The minimum Gasteiger partial charge on any atom is -0.493 e. The highest BCUT2D eigenvalue weighted by atomic mass is 35.5. The minimum atomic E-state index is -0.532. The molecule has 0 bridgehead atoms. The lowest BCUT2D eigenvalue weighted by Crippen LogP contribution is -2.17. The monoisotopic (exact) mass is 439 g/mol. The molecule has 3 aromatic rings. The molecule has 3 rings (SSSR count). The average Bonchev–Trinajstić information content (AvgIpc) is 2.79. The van der Waals surface area contributed by atoms with Crippen molar-refractivity contribution in [2.45, 2.75) is 6.61 Å². The van der Waals surface area contributed by atoms with Gasteiger partial charge in [0.1, 0.15) is 6.61 Å². The standard InChI is InChI=1S/C22H18ClN3O5/c1-30-21-12-16(4-11-20(21)31-14-15-2-7-18(23)8-3-15)13-24-25-22(27)17-5-9-19(10-6-17)26(28)29/h2-13H,14H2,1H3,(H,25,27)/b24-13-. The summed E-state index contributed by atoms with van der Waals surface area (Å²) in [6.45, 7) is 0.353. The van der Waals surface area contributed by atoms with Gasteiger partial charge in [-0.1, -0.05) is 23.7 Å². The van der Waals surface area contributed by atoms with Gasteiger partial charge in [0.05, 0.1) is 18.2 Å². The maximum atomic E-state index is 12.1. The number of hydrazone groups is 1. The number of hydrogen-bond acceptors (Lipinski definition) is 6. The van der Waals surface area contributed by atoms with E-state index in [-0.39, 0.29) is 11.3 Å². The molecule has 0 aliphatic carbocycles. The van der Waals surface area contributed by atoms with Crippen molar-refractivity contribution in [2.75, 3.05) is 7.11 Å². The van der Waals surface area contributed by atoms with E-state index in [9.17, 15) is 14.9 Å². The lowest BCUT2D eigenvalue weighted by molar-refractivity contribution is -0.384. The SMILES string of the molecule is COc1cc(/C=N\NC(=O)c2ccc([N+](=O)[O-])cc2)ccc1OCc1ccc(Cl)cc1. The molecule has 31 heavy (non-hydrogen) atoms. The molecular formula is C22H18ClN3O5. The Bertz CT molecular complexity index is 1100. The second-order valence-electron chi connectivity index (χ2n) is 6.33. The fourth-order valence-corrected chi connectivity index (χ4v) is 2.72. The highest BCUT2D eigenvalue weighted by Crippen LogP contribution is 2.28. The average molecular weight is 440 g/mol. The Labute approximate surface area is 183 Å². The van der Waals surface area contributed by atoms with E-state index in [0.717, 1.165) is 5.56 Å². The zero-order valence-corrected chi connectivity index (χ0v) is 17.2. The fraction of sp³-hybridized carbons (Fsp3) is 0.0909. The van der Waals surface area contributed by atoms with E-state index >= 15 is 0 Å². The van der Waals surface area contributed by atoms with Crippen molar-refractivity contribution in [1.29, 1.82) is 0 Å². The van der Waals surface area contributed by atoms with E-state index in [0.29, 0.717) is 28.7 Å². The van der Waals surface area contributed by atoms with Crippen LogP contribution in [0.15, 0.2) is 71.8 Å². The Kier molecular flexibility index (Phi) is 7.18. The molecule has 3 aromatic carbocycles. The topological polar surface area (TPSA) is 103 Å². The van der Waals surface area contributed by atoms with Crippen LogP contribution in [0, 0.1) is 10.1 Å². The van der Waals surface area contributed by atoms with Gasteiger partial charge in [-0.2, -0.15) is 5.10 Å². The summed E-state index contributed by atoms with van der Waals surface area (Å²) in [5.74, 6) is 0.588. The zero-order valence-electron chi connectivity index (χ0n) is 16.4. The molecule has 1 N–H and O–H groups in total. The third kappa shape index (κ3) is 6.03. The third-order valence-electron chi connectivity index (χ3n) is 4.22. The smallest absolute Gasteiger partial charge is 0.271 e. The number of ether oxygens (including phenoxy) is 2. The molecule has 0 unspecified atom stereocenters. The summed E-state index contributed by atoms with van der Waals surface area (Å²) < 4.78 is 11.2. The first kappa shape index (κ1) is 21.8. The first-order chi connectivity index (χ1) is 15.0. The van der Waals surface area contributed by atoms with E-state index in [1.807, 2.05) is 12.1 Å². The van der Waals surface area contributed by atoms with E-state index in [1.165, 1.54) is 37.6 Å². The Morgan fingerprint density at radius 1 is 1.10 bits per heavy atom. The third-order valence-corrected chi connectivity index (χ3v) is 4.47. The molecule has 0 radical (unpaired) electrons. The zero-order chi connectivity index (χ0) is 22.2. The summed E-state index contributed by atoms with van der Waals surface area (Å²) in [5, 5.41) is 15.2. The Morgan fingerprint density at radius 2 is 1.81 bits per heavy atom. The van der Waals surface area contributed by atoms with Gasteiger partial charge < -0.3 is 9.47 Å². The van der Waals surface area contributed by atoms with Gasteiger partial charge in [0, 0.05) is 22.7 Å². The number of rotatable bonds is 8. The van der Waals surface area contributed by atoms with Gasteiger partial charge in [-0.15, -0.1) is 0 Å². The molecule has 0 aromatic heterocycles. The van der Waals surface area contributed by atoms with Crippen LogP contribution in [0.25, 0.3) is 0 Å². The van der Waals surface area contributed by atoms with E-state index in [4.69, 9.17) is 21.1 Å². The maximum absolute atomic E-state index is 12.1. The minimum absolute atomic E-state index is 0.0921. The number of halogens is 1. The normalized spacial score (nSPS) is 10.6. The first-order valence-corrected chi connectivity index (χ1v) is 9.47. The van der Waals surface area contributed by atoms with Crippen LogP contribution >= 0.6 is 11.6 Å². The van der Waals surface area contributed by atoms with Crippen LogP contribution in [0.1, 0.15) is 21.5 Å². The number of nitro groups is 1. The van der Waals surface area contributed by atoms with Gasteiger partial charge >= 0.3 is 0 Å². The van der Waals surface area contributed by atoms with Gasteiger partial charge in [-0.25, -0.2) is 5.43 Å². The fourth-order valence-electron chi connectivity index (χ4n) is 2.59. The number of benzene rings is 3. The molecule has 158 valence electrons. The lowest BCUT2D eigenvalue weighted by atomic mass is 10.2. The lowest BCUT2D eigenvalue weighted by Gasteiger charge is -2.11. The van der Waals surface area contributed by atoms with Crippen molar-refractivity contribution < 1.29 is 19.2 Å². The predicted octanol–water partition coefficient (Wildman–Crippen LogP) is 4.60. The molecule has 0 aliphatic heterocycles. The second-order valence-corrected chi connectivity index (χ2v) is 6.76. The van der Waals surface area contributed by atoms with Crippen LogP contribution in [-0.2, 0) is 6.61 Å². The number of nitrogens with zero attached hydrogens (tertiary/aromatic N) is 2. The van der Waals surface area contributed by atoms with Crippen LogP contribution in [0.4, 0.5) is 5.69 Å². The van der Waals surface area contributed by atoms with Crippen molar-refractivity contribution in [3.05, 3.63) is 98.6 Å². The number of nitrogens with one attached hydrogen (secondary N) is 1. The van der Waals surface area contributed by atoms with E-state index < -0.39 is 10.8 Å². The van der Waals surface area contributed by atoms with Crippen molar-refractivity contribution in [2.24, 2.45) is 5.10 Å². The summed E-state index contributed by atoms with van der Waals surface area (Å²) in [5.41, 5.74) is 4.19. The largest absolute Gasteiger partial charge is 0.493 e. The van der Waals surface area contributed by atoms with Crippen molar-refractivity contribution in [1.82, 2.24) is 5.43 Å². The van der Waals surface area contributed by atoms with Gasteiger partial charge in [0.15, 0.2) is 11.5 Å². The van der Waals surface area contributed by atoms with Crippen LogP contribution in [0.3, 0.4) is 0 Å². The summed E-state index contributed by atoms with van der Waals surface area (Å²) in [6.07, 6.45) is 1.45. The highest BCUT2D eigenvalue weighted by Gasteiger charge is 2.09. The van der Waals surface area contributed by atoms with E-state index in [1.54, 1.807) is 30.3 Å². The van der Waals surface area contributed by atoms with Gasteiger partial charge in [0.2, 0.25) is 0 Å². The second kappa shape index (κ2) is 10.2. The first-order valence-electron chi connectivity index (χ1n) is 9.09. The van der Waals surface area contributed by atoms with Gasteiger partial charge in [-0.05, 0) is 53.6 Å². The predicted molar refractivity (Wildman–Crippen MR) is 117 cm³/mol. The molecule has 9 heteroatoms. The number of carbonyl (C=O) groups excluding carboxylic acids is 1. The van der Waals surface area contributed by atoms with E-state index in [2.05, 4.69) is 10.5 Å². The van der Waals surface area contributed by atoms with Crippen molar-refractivity contribution in [3.8, 4) is 11.5 Å². The molecule has 0 saturated carbocycles. The highest BCUT2D eigenvalue weighted by molar-refractivity contribution is 6.30. The van der Waals surface area contributed by atoms with Crippen LogP contribution in [-0.4, -0.2) is 24.2 Å². The van der Waals surface area contributed by atoms with Gasteiger partial charge in [-0.3, -0.25) is 14.9 Å². The molecule has 8 nitrogen and oxygen atoms in total. The number of hydrogen-bond donors (Lipinski definition) is 1. The van der Waals surface area contributed by atoms with Gasteiger partial charge in [0.25, 0.3) is 11.6 Å². The number of non-ortho nitro benzene ring substituents is 1. The quantitative estimate of drug-likeness (QED) is 0.314. The number of carbonyl (C=O) groups is 1. The maximum Gasteiger partial charge on any atom is 0.271 e. The summed E-state index contributed by atoms with van der Waals surface area (Å²) in [6, 6.07) is 17.8.